The number of hydrogen-bond donors (Lipinski definition) is 2. The third kappa shape index (κ3) is 7.29. The summed E-state index contributed by atoms with van der Waals surface area (Å²) in [4.78, 5) is 39.0. The van der Waals surface area contributed by atoms with Gasteiger partial charge in [0.05, 0.1) is 23.1 Å². The largest absolute Gasteiger partial charge is 0.370 e. The standard InChI is InChI=1S/C20H21Cl2FN4O3/c1-26(11-19(29)25-14-4-7-16(21)17(22)10-14)12-20(30)27(9-8-18(24)28)15-5-2-13(23)3-6-15/h2-7,10H,8-9,11-12H2,1H3,(H2,24,28)(H,25,29). The van der Waals surface area contributed by atoms with Gasteiger partial charge in [-0.1, -0.05) is 23.2 Å². The lowest BCUT2D eigenvalue weighted by molar-refractivity contribution is -0.121. The molecular weight excluding hydrogens is 434 g/mol. The van der Waals surface area contributed by atoms with Crippen LogP contribution in [0.5, 0.6) is 0 Å². The lowest BCUT2D eigenvalue weighted by atomic mass is 10.2. The highest BCUT2D eigenvalue weighted by Gasteiger charge is 2.19. The van der Waals surface area contributed by atoms with Crippen molar-refractivity contribution in [2.24, 2.45) is 5.73 Å². The summed E-state index contributed by atoms with van der Waals surface area (Å²) in [7, 11) is 1.60. The van der Waals surface area contributed by atoms with E-state index in [-0.39, 0.29) is 37.9 Å². The Labute approximate surface area is 183 Å². The van der Waals surface area contributed by atoms with Crippen molar-refractivity contribution < 1.29 is 18.8 Å². The number of nitrogens with one attached hydrogen (secondary N) is 1. The maximum Gasteiger partial charge on any atom is 0.241 e. The molecule has 0 aliphatic rings. The molecule has 2 aromatic carbocycles. The van der Waals surface area contributed by atoms with Crippen LogP contribution >= 0.6 is 23.2 Å². The minimum Gasteiger partial charge on any atom is -0.370 e. The Bertz CT molecular complexity index is 925. The maximum absolute atomic E-state index is 13.2. The molecule has 0 atom stereocenters. The first-order valence-corrected chi connectivity index (χ1v) is 9.69. The van der Waals surface area contributed by atoms with Crippen LogP contribution in [0.4, 0.5) is 15.8 Å². The van der Waals surface area contributed by atoms with E-state index in [1.54, 1.807) is 19.2 Å². The van der Waals surface area contributed by atoms with Crippen molar-refractivity contribution in [2.45, 2.75) is 6.42 Å². The van der Waals surface area contributed by atoms with Gasteiger partial charge in [-0.3, -0.25) is 19.3 Å². The average Bonchev–Trinajstić information content (AvgIpc) is 2.65. The monoisotopic (exact) mass is 454 g/mol. The Morgan fingerprint density at radius 2 is 1.70 bits per heavy atom. The molecule has 0 spiro atoms. The van der Waals surface area contributed by atoms with Gasteiger partial charge in [-0.05, 0) is 49.5 Å². The smallest absolute Gasteiger partial charge is 0.241 e. The van der Waals surface area contributed by atoms with Gasteiger partial charge in [0.15, 0.2) is 0 Å². The highest BCUT2D eigenvalue weighted by Crippen LogP contribution is 2.25. The average molecular weight is 455 g/mol. The van der Waals surface area contributed by atoms with Gasteiger partial charge < -0.3 is 16.0 Å². The van der Waals surface area contributed by atoms with E-state index in [9.17, 15) is 18.8 Å². The summed E-state index contributed by atoms with van der Waals surface area (Å²) in [5, 5.41) is 3.35. The molecule has 3 amide bonds. The Morgan fingerprint density at radius 3 is 2.30 bits per heavy atom. The molecule has 2 rings (SSSR count). The summed E-state index contributed by atoms with van der Waals surface area (Å²) in [5.74, 6) is -1.73. The molecule has 0 heterocycles. The molecule has 7 nitrogen and oxygen atoms in total. The minimum atomic E-state index is -0.565. The summed E-state index contributed by atoms with van der Waals surface area (Å²) in [6.07, 6.45) is -0.0509. The van der Waals surface area contributed by atoms with Crippen molar-refractivity contribution in [1.82, 2.24) is 4.90 Å². The van der Waals surface area contributed by atoms with E-state index in [0.29, 0.717) is 21.4 Å². The molecular formula is C20H21Cl2FN4O3. The van der Waals surface area contributed by atoms with Crippen LogP contribution in [0.3, 0.4) is 0 Å². The quantitative estimate of drug-likeness (QED) is 0.608. The second-order valence-electron chi connectivity index (χ2n) is 6.59. The Hall–Kier alpha value is -2.68. The van der Waals surface area contributed by atoms with Gasteiger partial charge in [0.1, 0.15) is 5.82 Å². The number of hydrogen-bond acceptors (Lipinski definition) is 4. The molecule has 3 N–H and O–H groups in total. The molecule has 0 fully saturated rings. The molecule has 10 heteroatoms. The predicted molar refractivity (Wildman–Crippen MR) is 115 cm³/mol. The van der Waals surface area contributed by atoms with Gasteiger partial charge in [-0.2, -0.15) is 0 Å². The lowest BCUT2D eigenvalue weighted by Crippen LogP contribution is -2.42. The van der Waals surface area contributed by atoms with E-state index in [0.717, 1.165) is 0 Å². The van der Waals surface area contributed by atoms with E-state index in [2.05, 4.69) is 5.32 Å². The van der Waals surface area contributed by atoms with Crippen LogP contribution in [-0.4, -0.2) is 49.3 Å². The van der Waals surface area contributed by atoms with E-state index in [4.69, 9.17) is 28.9 Å². The first-order chi connectivity index (χ1) is 14.2. The SMILES string of the molecule is CN(CC(=O)Nc1ccc(Cl)c(Cl)c1)CC(=O)N(CCC(N)=O)c1ccc(F)cc1. The fourth-order valence-corrected chi connectivity index (χ4v) is 2.93. The van der Waals surface area contributed by atoms with Crippen LogP contribution < -0.4 is 16.0 Å². The normalized spacial score (nSPS) is 10.7. The summed E-state index contributed by atoms with van der Waals surface area (Å²) in [5.41, 5.74) is 6.09. The third-order valence-electron chi connectivity index (χ3n) is 4.04. The molecule has 0 saturated heterocycles. The van der Waals surface area contributed by atoms with E-state index < -0.39 is 11.7 Å². The number of benzene rings is 2. The fourth-order valence-electron chi connectivity index (χ4n) is 2.63. The van der Waals surface area contributed by atoms with Gasteiger partial charge in [-0.25, -0.2) is 4.39 Å². The lowest BCUT2D eigenvalue weighted by Gasteiger charge is -2.25. The van der Waals surface area contributed by atoms with Crippen molar-refractivity contribution >= 4 is 52.3 Å². The van der Waals surface area contributed by atoms with Crippen LogP contribution in [0.25, 0.3) is 0 Å². The minimum absolute atomic E-state index is 0.0448. The molecule has 0 radical (unpaired) electrons. The van der Waals surface area contributed by atoms with E-state index in [1.807, 2.05) is 0 Å². The number of carbonyl (C=O) groups excluding carboxylic acids is 3. The summed E-state index contributed by atoms with van der Waals surface area (Å²) >= 11 is 11.8. The van der Waals surface area contributed by atoms with Gasteiger partial charge in [0.25, 0.3) is 0 Å². The third-order valence-corrected chi connectivity index (χ3v) is 4.78. The zero-order valence-corrected chi connectivity index (χ0v) is 17.7. The van der Waals surface area contributed by atoms with Gasteiger partial charge in [-0.15, -0.1) is 0 Å². The Kier molecular flexibility index (Phi) is 8.58. The molecule has 30 heavy (non-hydrogen) atoms. The highest BCUT2D eigenvalue weighted by atomic mass is 35.5. The predicted octanol–water partition coefficient (Wildman–Crippen LogP) is 2.91. The number of nitrogens with zero attached hydrogens (tertiary/aromatic N) is 2. The number of nitrogens with two attached hydrogens (primary N) is 1. The molecule has 0 bridgehead atoms. The maximum atomic E-state index is 13.2. The zero-order chi connectivity index (χ0) is 22.3. The van der Waals surface area contributed by atoms with Crippen LogP contribution in [0.2, 0.25) is 10.0 Å². The van der Waals surface area contributed by atoms with Crippen LogP contribution in [0.1, 0.15) is 6.42 Å². The first-order valence-electron chi connectivity index (χ1n) is 8.93. The number of amides is 3. The molecule has 0 aliphatic carbocycles. The topological polar surface area (TPSA) is 95.7 Å². The summed E-state index contributed by atoms with van der Waals surface area (Å²) < 4.78 is 13.2. The molecule has 2 aromatic rings. The molecule has 0 saturated carbocycles. The number of carbonyl (C=O) groups is 3. The van der Waals surface area contributed by atoms with Gasteiger partial charge in [0, 0.05) is 24.3 Å². The molecule has 0 unspecified atom stereocenters. The van der Waals surface area contributed by atoms with Crippen molar-refractivity contribution in [1.29, 1.82) is 0 Å². The number of rotatable bonds is 9. The summed E-state index contributed by atoms with van der Waals surface area (Å²) in [6, 6.07) is 10.00. The first kappa shape index (κ1) is 23.6. The van der Waals surface area contributed by atoms with E-state index >= 15 is 0 Å². The number of likely N-dealkylation sites (N-methyl/N-ethyl adjacent to an activating group) is 1. The van der Waals surface area contributed by atoms with Crippen LogP contribution in [0.15, 0.2) is 42.5 Å². The number of anilines is 2. The Morgan fingerprint density at radius 1 is 1.03 bits per heavy atom. The van der Waals surface area contributed by atoms with Crippen molar-refractivity contribution in [3.8, 4) is 0 Å². The fraction of sp³-hybridized carbons (Fsp3) is 0.250. The molecule has 0 aromatic heterocycles. The van der Waals surface area contributed by atoms with Gasteiger partial charge >= 0.3 is 0 Å². The van der Waals surface area contributed by atoms with Crippen molar-refractivity contribution in [2.75, 3.05) is 36.9 Å². The van der Waals surface area contributed by atoms with E-state index in [1.165, 1.54) is 40.1 Å². The van der Waals surface area contributed by atoms with Crippen LogP contribution in [0, 0.1) is 5.82 Å². The Balaban J connectivity index is 1.99. The van der Waals surface area contributed by atoms with Crippen molar-refractivity contribution in [3.63, 3.8) is 0 Å². The highest BCUT2D eigenvalue weighted by molar-refractivity contribution is 6.42. The second kappa shape index (κ2) is 10.9. The number of halogens is 3. The number of primary amides is 1. The zero-order valence-electron chi connectivity index (χ0n) is 16.2. The summed E-state index contributed by atoms with van der Waals surface area (Å²) in [6.45, 7) is -0.132. The molecule has 160 valence electrons. The van der Waals surface area contributed by atoms with Crippen molar-refractivity contribution in [3.05, 3.63) is 58.3 Å². The molecule has 0 aliphatic heterocycles. The van der Waals surface area contributed by atoms with Crippen LogP contribution in [-0.2, 0) is 14.4 Å². The second-order valence-corrected chi connectivity index (χ2v) is 7.40. The van der Waals surface area contributed by atoms with Gasteiger partial charge in [0.2, 0.25) is 17.7 Å².